The number of aliphatic hydroxyl groups is 1. The third kappa shape index (κ3) is 3.31. The van der Waals surface area contributed by atoms with E-state index in [2.05, 4.69) is 5.32 Å². The van der Waals surface area contributed by atoms with Gasteiger partial charge in [0.1, 0.15) is 5.82 Å². The molecule has 0 saturated carbocycles. The summed E-state index contributed by atoms with van der Waals surface area (Å²) in [6.07, 6.45) is -3.00. The van der Waals surface area contributed by atoms with Crippen molar-refractivity contribution in [3.63, 3.8) is 0 Å². The van der Waals surface area contributed by atoms with Gasteiger partial charge in [-0.3, -0.25) is 4.79 Å². The van der Waals surface area contributed by atoms with Gasteiger partial charge in [0, 0.05) is 4.88 Å². The number of aryl methyl sites for hydroxylation is 1. The first-order chi connectivity index (χ1) is 10.5. The minimum atomic E-state index is -3.00. The molecule has 0 bridgehead atoms. The molecule has 1 amide bonds. The Morgan fingerprint density at radius 1 is 1.36 bits per heavy atom. The topological polar surface area (TPSA) is 49.3 Å². The lowest BCUT2D eigenvalue weighted by molar-refractivity contribution is 0.0911. The van der Waals surface area contributed by atoms with E-state index in [0.29, 0.717) is 0 Å². The molecular weight excluding hydrogens is 315 g/mol. The van der Waals surface area contributed by atoms with Crippen molar-refractivity contribution in [1.82, 2.24) is 5.32 Å². The van der Waals surface area contributed by atoms with Gasteiger partial charge in [0.15, 0.2) is 0 Å². The highest BCUT2D eigenvalue weighted by atomic mass is 32.1. The number of hydrogen-bond acceptors (Lipinski definition) is 3. The molecule has 1 aromatic heterocycles. The van der Waals surface area contributed by atoms with Crippen molar-refractivity contribution in [2.75, 3.05) is 6.61 Å². The van der Waals surface area contributed by atoms with Gasteiger partial charge in [0.2, 0.25) is 0 Å². The maximum atomic E-state index is 13.9. The second-order valence-corrected chi connectivity index (χ2v) is 5.63. The number of alkyl halides is 2. The van der Waals surface area contributed by atoms with E-state index in [-0.39, 0.29) is 6.61 Å². The first-order valence-corrected chi connectivity index (χ1v) is 7.36. The molecule has 22 heavy (non-hydrogen) atoms. The Bertz CT molecular complexity index is 673. The maximum Gasteiger partial charge on any atom is 0.266 e. The van der Waals surface area contributed by atoms with Crippen molar-refractivity contribution >= 4 is 17.2 Å². The smallest absolute Gasteiger partial charge is 0.266 e. The summed E-state index contributed by atoms with van der Waals surface area (Å²) in [7, 11) is 0. The molecule has 0 spiro atoms. The van der Waals surface area contributed by atoms with E-state index in [1.54, 1.807) is 5.38 Å². The lowest BCUT2D eigenvalue weighted by Crippen LogP contribution is -2.31. The molecule has 1 unspecified atom stereocenters. The average Bonchev–Trinajstić information content (AvgIpc) is 2.90. The summed E-state index contributed by atoms with van der Waals surface area (Å²) < 4.78 is 39.3. The predicted octanol–water partition coefficient (Wildman–Crippen LogP) is 3.60. The van der Waals surface area contributed by atoms with Crippen molar-refractivity contribution in [3.05, 3.63) is 57.0 Å². The Labute approximate surface area is 129 Å². The molecular formula is C15H14F3NO2S. The van der Waals surface area contributed by atoms with E-state index in [1.807, 2.05) is 13.0 Å². The molecule has 2 N–H and O–H groups in total. The first kappa shape index (κ1) is 16.5. The summed E-state index contributed by atoms with van der Waals surface area (Å²) in [6, 6.07) is 4.38. The molecule has 0 saturated heterocycles. The summed E-state index contributed by atoms with van der Waals surface area (Å²) in [5, 5.41) is 13.7. The number of benzene rings is 1. The molecule has 1 atom stereocenters. The number of carbonyl (C=O) groups is 1. The SMILES string of the molecule is Cc1ccsc1C(CO)NC(=O)c1cccc(C(F)F)c1F. The summed E-state index contributed by atoms with van der Waals surface area (Å²) in [6.45, 7) is 1.45. The van der Waals surface area contributed by atoms with Crippen LogP contribution in [0.5, 0.6) is 0 Å². The highest BCUT2D eigenvalue weighted by Crippen LogP contribution is 2.26. The fourth-order valence-corrected chi connectivity index (χ4v) is 3.04. The van der Waals surface area contributed by atoms with Crippen molar-refractivity contribution in [2.24, 2.45) is 0 Å². The lowest BCUT2D eigenvalue weighted by Gasteiger charge is -2.17. The number of aliphatic hydroxyl groups excluding tert-OH is 1. The second kappa shape index (κ2) is 6.93. The highest BCUT2D eigenvalue weighted by molar-refractivity contribution is 7.10. The van der Waals surface area contributed by atoms with E-state index < -0.39 is 35.3 Å². The van der Waals surface area contributed by atoms with Crippen LogP contribution in [-0.2, 0) is 0 Å². The van der Waals surface area contributed by atoms with Gasteiger partial charge < -0.3 is 10.4 Å². The number of halogens is 3. The minimum Gasteiger partial charge on any atom is -0.394 e. The molecule has 0 radical (unpaired) electrons. The molecule has 0 aliphatic carbocycles. The van der Waals surface area contributed by atoms with E-state index in [0.717, 1.165) is 22.6 Å². The summed E-state index contributed by atoms with van der Waals surface area (Å²) in [5.74, 6) is -2.08. The Balaban J connectivity index is 2.25. The van der Waals surface area contributed by atoms with Crippen LogP contribution < -0.4 is 5.32 Å². The highest BCUT2D eigenvalue weighted by Gasteiger charge is 2.23. The third-order valence-corrected chi connectivity index (χ3v) is 4.35. The van der Waals surface area contributed by atoms with E-state index in [1.165, 1.54) is 17.4 Å². The molecule has 2 aromatic rings. The molecule has 118 valence electrons. The fraction of sp³-hybridized carbons (Fsp3) is 0.267. The van der Waals surface area contributed by atoms with Gasteiger partial charge in [-0.15, -0.1) is 11.3 Å². The van der Waals surface area contributed by atoms with E-state index >= 15 is 0 Å². The van der Waals surface area contributed by atoms with Crippen LogP contribution in [-0.4, -0.2) is 17.6 Å². The van der Waals surface area contributed by atoms with Crippen molar-refractivity contribution < 1.29 is 23.1 Å². The summed E-state index contributed by atoms with van der Waals surface area (Å²) in [4.78, 5) is 12.9. The van der Waals surface area contributed by atoms with Gasteiger partial charge in [0.25, 0.3) is 12.3 Å². The lowest BCUT2D eigenvalue weighted by atomic mass is 10.1. The van der Waals surface area contributed by atoms with Gasteiger partial charge in [-0.2, -0.15) is 0 Å². The molecule has 0 aliphatic heterocycles. The largest absolute Gasteiger partial charge is 0.394 e. The number of hydrogen-bond donors (Lipinski definition) is 2. The van der Waals surface area contributed by atoms with Crippen molar-refractivity contribution in [1.29, 1.82) is 0 Å². The third-order valence-electron chi connectivity index (χ3n) is 3.21. The zero-order valence-electron chi connectivity index (χ0n) is 11.6. The van der Waals surface area contributed by atoms with Crippen LogP contribution in [0.4, 0.5) is 13.2 Å². The predicted molar refractivity (Wildman–Crippen MR) is 77.7 cm³/mol. The van der Waals surface area contributed by atoms with Crippen molar-refractivity contribution in [2.45, 2.75) is 19.4 Å². The monoisotopic (exact) mass is 329 g/mol. The van der Waals surface area contributed by atoms with Gasteiger partial charge >= 0.3 is 0 Å². The minimum absolute atomic E-state index is 0.372. The number of nitrogens with one attached hydrogen (secondary N) is 1. The van der Waals surface area contributed by atoms with Gasteiger partial charge in [-0.25, -0.2) is 13.2 Å². The van der Waals surface area contributed by atoms with Crippen LogP contribution in [0.3, 0.4) is 0 Å². The zero-order chi connectivity index (χ0) is 16.3. The average molecular weight is 329 g/mol. The molecule has 1 aromatic carbocycles. The van der Waals surface area contributed by atoms with Gasteiger partial charge in [-0.1, -0.05) is 12.1 Å². The summed E-state index contributed by atoms with van der Waals surface area (Å²) in [5.41, 5.74) is -0.405. The second-order valence-electron chi connectivity index (χ2n) is 4.69. The van der Waals surface area contributed by atoms with E-state index in [9.17, 15) is 23.1 Å². The number of rotatable bonds is 5. The maximum absolute atomic E-state index is 13.9. The first-order valence-electron chi connectivity index (χ1n) is 6.48. The number of carbonyl (C=O) groups excluding carboxylic acids is 1. The molecule has 0 aliphatic rings. The fourth-order valence-electron chi connectivity index (χ4n) is 2.07. The molecule has 2 rings (SSSR count). The number of amides is 1. The van der Waals surface area contributed by atoms with Crippen LogP contribution in [0.15, 0.2) is 29.6 Å². The van der Waals surface area contributed by atoms with Crippen LogP contribution >= 0.6 is 11.3 Å². The quantitative estimate of drug-likeness (QED) is 0.880. The summed E-state index contributed by atoms with van der Waals surface area (Å²) >= 11 is 1.34. The Morgan fingerprint density at radius 2 is 2.09 bits per heavy atom. The Hall–Kier alpha value is -1.86. The van der Waals surface area contributed by atoms with Crippen LogP contribution in [0.1, 0.15) is 38.8 Å². The number of thiophene rings is 1. The van der Waals surface area contributed by atoms with Crippen LogP contribution in [0.25, 0.3) is 0 Å². The molecule has 3 nitrogen and oxygen atoms in total. The van der Waals surface area contributed by atoms with Crippen LogP contribution in [0, 0.1) is 12.7 Å². The standard InChI is InChI=1S/C15H14F3NO2S/c1-8-5-6-22-13(8)11(7-20)19-15(21)10-4-2-3-9(12(10)16)14(17)18/h2-6,11,14,20H,7H2,1H3,(H,19,21). The Kier molecular flexibility index (Phi) is 5.20. The van der Waals surface area contributed by atoms with E-state index in [4.69, 9.17) is 0 Å². The molecule has 0 fully saturated rings. The van der Waals surface area contributed by atoms with Crippen LogP contribution in [0.2, 0.25) is 0 Å². The molecule has 1 heterocycles. The molecule has 7 heteroatoms. The normalized spacial score (nSPS) is 12.5. The van der Waals surface area contributed by atoms with Crippen molar-refractivity contribution in [3.8, 4) is 0 Å². The zero-order valence-corrected chi connectivity index (χ0v) is 12.5. The Morgan fingerprint density at radius 3 is 2.64 bits per heavy atom. The van der Waals surface area contributed by atoms with Gasteiger partial charge in [-0.05, 0) is 30.0 Å². The van der Waals surface area contributed by atoms with Gasteiger partial charge in [0.05, 0.1) is 23.8 Å².